The minimum atomic E-state index is -4.75. The molecule has 0 N–H and O–H groups in total. The molecule has 0 radical (unpaired) electrons. The number of benzene rings is 2. The van der Waals surface area contributed by atoms with Gasteiger partial charge in [-0.15, -0.1) is 0 Å². The standard InChI is InChI=1S/C22H17ClF6O2/c1-21(2)13(8-16(23)22(27,28)29)18(21)20(30)31-10-12-14(24)9-15(25)17(19(12)26)11-6-4-3-5-7-11/h3-9,13,18H,10H2,1-2H3/b16-8-. The maximum absolute atomic E-state index is 14.9. The predicted octanol–water partition coefficient (Wildman–Crippen LogP) is 6.77. The third kappa shape index (κ3) is 4.59. The fourth-order valence-corrected chi connectivity index (χ4v) is 3.69. The molecule has 9 heteroatoms. The summed E-state index contributed by atoms with van der Waals surface area (Å²) in [7, 11) is 0. The number of alkyl halides is 3. The minimum Gasteiger partial charge on any atom is -0.460 e. The lowest BCUT2D eigenvalue weighted by Crippen LogP contribution is -2.13. The van der Waals surface area contributed by atoms with Gasteiger partial charge in [0.05, 0.1) is 17.0 Å². The van der Waals surface area contributed by atoms with Crippen LogP contribution < -0.4 is 0 Å². The van der Waals surface area contributed by atoms with Gasteiger partial charge in [-0.1, -0.05) is 61.9 Å². The van der Waals surface area contributed by atoms with Crippen LogP contribution in [0.1, 0.15) is 19.4 Å². The molecule has 1 saturated carbocycles. The number of carbonyl (C=O) groups excluding carboxylic acids is 1. The molecule has 2 aromatic rings. The second kappa shape index (κ2) is 8.22. The van der Waals surface area contributed by atoms with Gasteiger partial charge in [-0.05, 0) is 16.9 Å². The lowest BCUT2D eigenvalue weighted by Gasteiger charge is -2.12. The summed E-state index contributed by atoms with van der Waals surface area (Å²) in [6, 6.07) is 8.09. The molecule has 1 fully saturated rings. The van der Waals surface area contributed by atoms with Crippen LogP contribution in [0.4, 0.5) is 26.3 Å². The van der Waals surface area contributed by atoms with Crippen LogP contribution in [0, 0.1) is 34.7 Å². The third-order valence-corrected chi connectivity index (χ3v) is 5.79. The highest BCUT2D eigenvalue weighted by molar-refractivity contribution is 6.30. The Labute approximate surface area is 179 Å². The van der Waals surface area contributed by atoms with Crippen molar-refractivity contribution in [3.63, 3.8) is 0 Å². The normalized spacial score (nSPS) is 20.5. The zero-order chi connectivity index (χ0) is 23.1. The van der Waals surface area contributed by atoms with E-state index in [0.29, 0.717) is 6.07 Å². The summed E-state index contributed by atoms with van der Waals surface area (Å²) in [4.78, 5) is 12.4. The fourth-order valence-electron chi connectivity index (χ4n) is 3.56. The quantitative estimate of drug-likeness (QED) is 0.362. The molecule has 1 aliphatic carbocycles. The summed E-state index contributed by atoms with van der Waals surface area (Å²) in [6.45, 7) is 2.26. The Morgan fingerprint density at radius 2 is 1.74 bits per heavy atom. The van der Waals surface area contributed by atoms with Crippen molar-refractivity contribution < 1.29 is 35.9 Å². The molecule has 0 aromatic heterocycles. The highest BCUT2D eigenvalue weighted by Gasteiger charge is 2.62. The van der Waals surface area contributed by atoms with E-state index in [0.717, 1.165) is 6.08 Å². The molecule has 166 valence electrons. The molecule has 2 atom stereocenters. The van der Waals surface area contributed by atoms with Gasteiger partial charge in [0.15, 0.2) is 0 Å². The fraction of sp³-hybridized carbons (Fsp3) is 0.318. The molecule has 2 aromatic carbocycles. The average molecular weight is 463 g/mol. The number of hydrogen-bond donors (Lipinski definition) is 0. The number of carbonyl (C=O) groups is 1. The van der Waals surface area contributed by atoms with E-state index in [9.17, 15) is 31.1 Å². The van der Waals surface area contributed by atoms with Crippen LogP contribution in [-0.4, -0.2) is 12.1 Å². The first-order chi connectivity index (χ1) is 14.4. The van der Waals surface area contributed by atoms with Gasteiger partial charge < -0.3 is 4.74 Å². The molecule has 0 aliphatic heterocycles. The van der Waals surface area contributed by atoms with E-state index in [1.807, 2.05) is 0 Å². The lowest BCUT2D eigenvalue weighted by molar-refractivity contribution is -0.147. The zero-order valence-corrected chi connectivity index (χ0v) is 17.1. The van der Waals surface area contributed by atoms with Crippen LogP contribution in [0.25, 0.3) is 11.1 Å². The van der Waals surface area contributed by atoms with Crippen molar-refractivity contribution in [1.29, 1.82) is 0 Å². The topological polar surface area (TPSA) is 26.3 Å². The Balaban J connectivity index is 1.80. The molecule has 31 heavy (non-hydrogen) atoms. The van der Waals surface area contributed by atoms with E-state index in [-0.39, 0.29) is 5.56 Å². The van der Waals surface area contributed by atoms with Gasteiger partial charge >= 0.3 is 12.1 Å². The number of rotatable bonds is 5. The van der Waals surface area contributed by atoms with Crippen LogP contribution in [0.2, 0.25) is 0 Å². The maximum atomic E-state index is 14.9. The van der Waals surface area contributed by atoms with Crippen LogP contribution in [-0.2, 0) is 16.1 Å². The summed E-state index contributed by atoms with van der Waals surface area (Å²) >= 11 is 5.24. The van der Waals surface area contributed by atoms with Crippen LogP contribution in [0.5, 0.6) is 0 Å². The van der Waals surface area contributed by atoms with Crippen molar-refractivity contribution in [2.75, 3.05) is 0 Å². The zero-order valence-electron chi connectivity index (χ0n) is 16.4. The Hall–Kier alpha value is -2.48. The van der Waals surface area contributed by atoms with E-state index in [4.69, 9.17) is 16.3 Å². The molecule has 0 spiro atoms. The minimum absolute atomic E-state index is 0.167. The first-order valence-corrected chi connectivity index (χ1v) is 9.56. The monoisotopic (exact) mass is 462 g/mol. The SMILES string of the molecule is CC1(C)C(/C=C(\Cl)C(F)(F)F)C1C(=O)OCc1c(F)cc(F)c(-c2ccccc2)c1F. The third-order valence-electron chi connectivity index (χ3n) is 5.45. The van der Waals surface area contributed by atoms with Gasteiger partial charge in [-0.3, -0.25) is 4.79 Å². The van der Waals surface area contributed by atoms with Crippen molar-refractivity contribution in [3.05, 3.63) is 70.5 Å². The van der Waals surface area contributed by atoms with E-state index in [1.54, 1.807) is 32.0 Å². The Kier molecular flexibility index (Phi) is 6.15. The largest absolute Gasteiger partial charge is 0.460 e. The summed E-state index contributed by atoms with van der Waals surface area (Å²) < 4.78 is 86.2. The highest BCUT2D eigenvalue weighted by Crippen LogP contribution is 2.60. The van der Waals surface area contributed by atoms with Crippen molar-refractivity contribution in [2.45, 2.75) is 26.6 Å². The van der Waals surface area contributed by atoms with Gasteiger partial charge in [0.1, 0.15) is 29.1 Å². The van der Waals surface area contributed by atoms with Gasteiger partial charge in [0.25, 0.3) is 0 Å². The molecule has 2 unspecified atom stereocenters. The molecule has 3 rings (SSSR count). The number of allylic oxidation sites excluding steroid dienone is 2. The first-order valence-electron chi connectivity index (χ1n) is 9.18. The number of halogens is 7. The summed E-state index contributed by atoms with van der Waals surface area (Å²) in [5, 5.41) is -1.36. The maximum Gasteiger partial charge on any atom is 0.426 e. The lowest BCUT2D eigenvalue weighted by atomic mass is 10.0. The summed E-state index contributed by atoms with van der Waals surface area (Å²) in [5.74, 6) is -6.33. The van der Waals surface area contributed by atoms with E-state index in [1.165, 1.54) is 12.1 Å². The Morgan fingerprint density at radius 1 is 1.13 bits per heavy atom. The van der Waals surface area contributed by atoms with E-state index in [2.05, 4.69) is 0 Å². The molecular weight excluding hydrogens is 446 g/mol. The molecule has 0 saturated heterocycles. The second-order valence-electron chi connectivity index (χ2n) is 7.82. The van der Waals surface area contributed by atoms with Crippen molar-refractivity contribution in [1.82, 2.24) is 0 Å². The molecule has 1 aliphatic rings. The highest BCUT2D eigenvalue weighted by atomic mass is 35.5. The van der Waals surface area contributed by atoms with Crippen LogP contribution in [0.15, 0.2) is 47.5 Å². The van der Waals surface area contributed by atoms with Gasteiger partial charge in [-0.25, -0.2) is 13.2 Å². The van der Waals surface area contributed by atoms with E-state index >= 15 is 0 Å². The number of esters is 1. The average Bonchev–Trinajstić information content (AvgIpc) is 3.21. The molecule has 0 amide bonds. The molecule has 2 nitrogen and oxygen atoms in total. The second-order valence-corrected chi connectivity index (χ2v) is 8.23. The van der Waals surface area contributed by atoms with Crippen LogP contribution >= 0.6 is 11.6 Å². The number of hydrogen-bond acceptors (Lipinski definition) is 2. The van der Waals surface area contributed by atoms with E-state index < -0.39 is 69.6 Å². The molecule has 0 heterocycles. The van der Waals surface area contributed by atoms with Crippen molar-refractivity contribution in [2.24, 2.45) is 17.3 Å². The molecular formula is C22H17ClF6O2. The molecule has 0 bridgehead atoms. The first kappa shape index (κ1) is 23.2. The van der Waals surface area contributed by atoms with Gasteiger partial charge in [-0.2, -0.15) is 13.2 Å². The smallest absolute Gasteiger partial charge is 0.426 e. The number of ether oxygens (including phenoxy) is 1. The predicted molar refractivity (Wildman–Crippen MR) is 102 cm³/mol. The Bertz CT molecular complexity index is 1030. The summed E-state index contributed by atoms with van der Waals surface area (Å²) in [5.41, 5.74) is -1.84. The van der Waals surface area contributed by atoms with Crippen molar-refractivity contribution >= 4 is 17.6 Å². The van der Waals surface area contributed by atoms with Crippen LogP contribution in [0.3, 0.4) is 0 Å². The van der Waals surface area contributed by atoms with Gasteiger partial charge in [0, 0.05) is 6.07 Å². The van der Waals surface area contributed by atoms with Gasteiger partial charge in [0.2, 0.25) is 0 Å². The Morgan fingerprint density at radius 3 is 2.32 bits per heavy atom. The summed E-state index contributed by atoms with van der Waals surface area (Å²) in [6.07, 6.45) is -4.01. The van der Waals surface area contributed by atoms with Crippen molar-refractivity contribution in [3.8, 4) is 11.1 Å².